The Hall–Kier alpha value is -3.22. The molecular weight excluding hydrogens is 382 g/mol. The zero-order valence-corrected chi connectivity index (χ0v) is 16.8. The van der Waals surface area contributed by atoms with Gasteiger partial charge in [0.15, 0.2) is 0 Å². The van der Waals surface area contributed by atoms with Crippen molar-refractivity contribution >= 4 is 10.0 Å². The Labute approximate surface area is 170 Å². The number of hydrogen-bond acceptors (Lipinski definition) is 3. The Morgan fingerprint density at radius 1 is 0.862 bits per heavy atom. The van der Waals surface area contributed by atoms with Gasteiger partial charge < -0.3 is 0 Å². The molecule has 0 aliphatic rings. The highest BCUT2D eigenvalue weighted by molar-refractivity contribution is 7.89. The maximum atomic E-state index is 12.2. The molecule has 29 heavy (non-hydrogen) atoms. The summed E-state index contributed by atoms with van der Waals surface area (Å²) in [6.45, 7) is 2.61. The zero-order valence-electron chi connectivity index (χ0n) is 16.0. The van der Waals surface area contributed by atoms with Crippen molar-refractivity contribution in [2.24, 2.45) is 5.14 Å². The van der Waals surface area contributed by atoms with Crippen molar-refractivity contribution in [2.75, 3.05) is 0 Å². The molecule has 0 spiro atoms. The fourth-order valence-electron chi connectivity index (χ4n) is 3.33. The molecule has 146 valence electrons. The summed E-state index contributed by atoms with van der Waals surface area (Å²) in [5, 5.41) is 10.2. The van der Waals surface area contributed by atoms with E-state index in [1.54, 1.807) is 18.2 Å². The molecule has 3 aromatic carbocycles. The van der Waals surface area contributed by atoms with E-state index >= 15 is 0 Å². The molecule has 0 aliphatic carbocycles. The van der Waals surface area contributed by atoms with E-state index in [1.165, 1.54) is 6.07 Å². The highest BCUT2D eigenvalue weighted by Crippen LogP contribution is 2.34. The smallest absolute Gasteiger partial charge is 0.238 e. The predicted octanol–water partition coefficient (Wildman–Crippen LogP) is 4.22. The maximum Gasteiger partial charge on any atom is 0.238 e. The van der Waals surface area contributed by atoms with Crippen molar-refractivity contribution in [1.82, 2.24) is 9.78 Å². The van der Waals surface area contributed by atoms with Crippen LogP contribution in [-0.4, -0.2) is 18.2 Å². The summed E-state index contributed by atoms with van der Waals surface area (Å²) in [6.07, 6.45) is 1.95. The monoisotopic (exact) mass is 403 g/mol. The fraction of sp³-hybridized carbons (Fsp3) is 0.0870. The standard InChI is InChI=1S/C23H21N3O2S/c1-17-11-13-19(14-12-17)21-16-26(15-18-7-3-2-4-8-18)25-23(21)20-9-5-6-10-22(20)29(24,27)28/h2-14,16H,15H2,1H3,(H2,24,27,28). The molecular formula is C23H21N3O2S. The summed E-state index contributed by atoms with van der Waals surface area (Å²) < 4.78 is 26.2. The zero-order chi connectivity index (χ0) is 20.4. The minimum Gasteiger partial charge on any atom is -0.267 e. The van der Waals surface area contributed by atoms with Gasteiger partial charge in [0, 0.05) is 17.3 Å². The second-order valence-electron chi connectivity index (χ2n) is 6.98. The molecule has 1 heterocycles. The minimum absolute atomic E-state index is 0.0679. The Morgan fingerprint density at radius 3 is 2.21 bits per heavy atom. The predicted molar refractivity (Wildman–Crippen MR) is 115 cm³/mol. The summed E-state index contributed by atoms with van der Waals surface area (Å²) in [5.74, 6) is 0. The van der Waals surface area contributed by atoms with Crippen LogP contribution in [0.5, 0.6) is 0 Å². The van der Waals surface area contributed by atoms with Crippen LogP contribution in [0.2, 0.25) is 0 Å². The Kier molecular flexibility index (Phi) is 5.05. The van der Waals surface area contributed by atoms with Gasteiger partial charge in [-0.25, -0.2) is 13.6 Å². The summed E-state index contributed by atoms with van der Waals surface area (Å²) in [5.41, 5.74) is 5.17. The summed E-state index contributed by atoms with van der Waals surface area (Å²) in [6, 6.07) is 24.8. The van der Waals surface area contributed by atoms with Gasteiger partial charge in [-0.3, -0.25) is 4.68 Å². The van der Waals surface area contributed by atoms with E-state index in [-0.39, 0.29) is 4.90 Å². The molecule has 6 heteroatoms. The van der Waals surface area contributed by atoms with Gasteiger partial charge in [-0.05, 0) is 24.1 Å². The summed E-state index contributed by atoms with van der Waals surface area (Å²) in [4.78, 5) is 0.0679. The van der Waals surface area contributed by atoms with Crippen molar-refractivity contribution in [3.05, 3.63) is 96.2 Å². The van der Waals surface area contributed by atoms with Gasteiger partial charge >= 0.3 is 0 Å². The van der Waals surface area contributed by atoms with E-state index in [0.29, 0.717) is 17.8 Å². The van der Waals surface area contributed by atoms with Gasteiger partial charge in [0.1, 0.15) is 5.69 Å². The van der Waals surface area contributed by atoms with E-state index < -0.39 is 10.0 Å². The van der Waals surface area contributed by atoms with Gasteiger partial charge in [0.05, 0.1) is 11.4 Å². The molecule has 0 saturated carbocycles. The van der Waals surface area contributed by atoms with E-state index in [1.807, 2.05) is 72.4 Å². The van der Waals surface area contributed by atoms with E-state index in [0.717, 1.165) is 22.3 Å². The molecule has 1 aromatic heterocycles. The number of nitrogens with two attached hydrogens (primary N) is 1. The lowest BCUT2D eigenvalue weighted by Crippen LogP contribution is -2.13. The van der Waals surface area contributed by atoms with Crippen molar-refractivity contribution in [1.29, 1.82) is 0 Å². The van der Waals surface area contributed by atoms with Crippen molar-refractivity contribution in [3.8, 4) is 22.4 Å². The first-order valence-electron chi connectivity index (χ1n) is 9.22. The number of hydrogen-bond donors (Lipinski definition) is 1. The molecule has 0 aliphatic heterocycles. The lowest BCUT2D eigenvalue weighted by atomic mass is 10.0. The first kappa shape index (κ1) is 19.1. The third-order valence-electron chi connectivity index (χ3n) is 4.76. The number of sulfonamides is 1. The topological polar surface area (TPSA) is 78.0 Å². The lowest BCUT2D eigenvalue weighted by Gasteiger charge is -2.08. The van der Waals surface area contributed by atoms with Crippen molar-refractivity contribution < 1.29 is 8.42 Å². The third-order valence-corrected chi connectivity index (χ3v) is 5.73. The largest absolute Gasteiger partial charge is 0.267 e. The molecule has 0 saturated heterocycles. The molecule has 0 atom stereocenters. The first-order valence-corrected chi connectivity index (χ1v) is 10.8. The molecule has 0 unspecified atom stereocenters. The van der Waals surface area contributed by atoms with Crippen LogP contribution in [0.15, 0.2) is 90.0 Å². The van der Waals surface area contributed by atoms with Crippen molar-refractivity contribution in [2.45, 2.75) is 18.4 Å². The Morgan fingerprint density at radius 2 is 1.52 bits per heavy atom. The number of rotatable bonds is 5. The Balaban J connectivity index is 1.89. The molecule has 0 fully saturated rings. The minimum atomic E-state index is -3.89. The number of aryl methyl sites for hydroxylation is 1. The quantitative estimate of drug-likeness (QED) is 0.542. The third kappa shape index (κ3) is 4.13. The highest BCUT2D eigenvalue weighted by atomic mass is 32.2. The van der Waals surface area contributed by atoms with Crippen LogP contribution in [0.1, 0.15) is 11.1 Å². The molecule has 5 nitrogen and oxygen atoms in total. The van der Waals surface area contributed by atoms with Gasteiger partial charge in [0.2, 0.25) is 10.0 Å². The second kappa shape index (κ2) is 7.66. The molecule has 4 aromatic rings. The molecule has 0 bridgehead atoms. The molecule has 0 amide bonds. The van der Waals surface area contributed by atoms with Gasteiger partial charge in [-0.2, -0.15) is 5.10 Å². The van der Waals surface area contributed by atoms with Crippen LogP contribution in [0.25, 0.3) is 22.4 Å². The highest BCUT2D eigenvalue weighted by Gasteiger charge is 2.20. The van der Waals surface area contributed by atoms with E-state index in [9.17, 15) is 8.42 Å². The van der Waals surface area contributed by atoms with Crippen LogP contribution in [-0.2, 0) is 16.6 Å². The number of primary sulfonamides is 1. The fourth-order valence-corrected chi connectivity index (χ4v) is 4.07. The van der Waals surface area contributed by atoms with Crippen LogP contribution in [0.4, 0.5) is 0 Å². The van der Waals surface area contributed by atoms with Gasteiger partial charge in [-0.15, -0.1) is 0 Å². The lowest BCUT2D eigenvalue weighted by molar-refractivity contribution is 0.598. The molecule has 0 radical (unpaired) electrons. The van der Waals surface area contributed by atoms with E-state index in [4.69, 9.17) is 10.2 Å². The van der Waals surface area contributed by atoms with Crippen LogP contribution in [0.3, 0.4) is 0 Å². The van der Waals surface area contributed by atoms with Gasteiger partial charge in [-0.1, -0.05) is 78.4 Å². The van der Waals surface area contributed by atoms with Gasteiger partial charge in [0.25, 0.3) is 0 Å². The average molecular weight is 404 g/mol. The second-order valence-corrected chi connectivity index (χ2v) is 8.51. The first-order chi connectivity index (χ1) is 13.9. The van der Waals surface area contributed by atoms with Crippen LogP contribution in [0, 0.1) is 6.92 Å². The van der Waals surface area contributed by atoms with Crippen molar-refractivity contribution in [3.63, 3.8) is 0 Å². The van der Waals surface area contributed by atoms with Crippen LogP contribution < -0.4 is 5.14 Å². The summed E-state index contributed by atoms with van der Waals surface area (Å²) in [7, 11) is -3.89. The van der Waals surface area contributed by atoms with E-state index in [2.05, 4.69) is 0 Å². The molecule has 4 rings (SSSR count). The SMILES string of the molecule is Cc1ccc(-c2cn(Cc3ccccc3)nc2-c2ccccc2S(N)(=O)=O)cc1. The average Bonchev–Trinajstić information content (AvgIpc) is 3.12. The number of nitrogens with zero attached hydrogens (tertiary/aromatic N) is 2. The summed E-state index contributed by atoms with van der Waals surface area (Å²) >= 11 is 0. The normalized spacial score (nSPS) is 11.5. The number of aromatic nitrogens is 2. The maximum absolute atomic E-state index is 12.2. The molecule has 2 N–H and O–H groups in total. The number of benzene rings is 3. The van der Waals surface area contributed by atoms with Crippen LogP contribution >= 0.6 is 0 Å². The Bertz CT molecular complexity index is 1250.